The second kappa shape index (κ2) is 8.66. The summed E-state index contributed by atoms with van der Waals surface area (Å²) in [5.74, 6) is -1.03. The van der Waals surface area contributed by atoms with Crippen molar-refractivity contribution in [2.75, 3.05) is 18.4 Å². The van der Waals surface area contributed by atoms with E-state index in [0.717, 1.165) is 45.3 Å². The first-order valence-electron chi connectivity index (χ1n) is 10.3. The van der Waals surface area contributed by atoms with E-state index in [-0.39, 0.29) is 23.7 Å². The zero-order chi connectivity index (χ0) is 20.2. The monoisotopic (exact) mass is 393 g/mol. The Morgan fingerprint density at radius 2 is 1.55 bits per heavy atom. The topological polar surface area (TPSA) is 72.9 Å². The summed E-state index contributed by atoms with van der Waals surface area (Å²) >= 11 is 0. The quantitative estimate of drug-likeness (QED) is 0.777. The summed E-state index contributed by atoms with van der Waals surface area (Å²) in [6, 6.07) is 17.3. The van der Waals surface area contributed by atoms with Gasteiger partial charge in [-0.1, -0.05) is 42.5 Å². The number of hydrogen-bond donors (Lipinski definition) is 2. The number of urea groups is 1. The van der Waals surface area contributed by atoms with Gasteiger partial charge in [-0.25, -0.2) is 9.59 Å². The van der Waals surface area contributed by atoms with E-state index in [1.807, 2.05) is 11.0 Å². The predicted octanol–water partition coefficient (Wildman–Crippen LogP) is 4.05. The molecule has 0 aromatic heterocycles. The van der Waals surface area contributed by atoms with Gasteiger partial charge in [0.2, 0.25) is 0 Å². The van der Waals surface area contributed by atoms with Crippen LogP contribution in [0.4, 0.5) is 10.5 Å². The molecule has 0 bridgehead atoms. The van der Waals surface area contributed by atoms with E-state index in [4.69, 9.17) is 0 Å². The van der Waals surface area contributed by atoms with Crippen molar-refractivity contribution in [3.05, 3.63) is 65.7 Å². The minimum atomic E-state index is -1.03. The van der Waals surface area contributed by atoms with Crippen LogP contribution in [0.3, 0.4) is 0 Å². The summed E-state index contributed by atoms with van der Waals surface area (Å²) in [7, 11) is 0. The van der Waals surface area contributed by atoms with E-state index in [1.165, 1.54) is 11.6 Å². The van der Waals surface area contributed by atoms with E-state index in [1.54, 1.807) is 18.2 Å². The summed E-state index contributed by atoms with van der Waals surface area (Å²) < 4.78 is 0. The van der Waals surface area contributed by atoms with Crippen LogP contribution in [0.25, 0.3) is 0 Å². The van der Waals surface area contributed by atoms with Crippen molar-refractivity contribution in [1.82, 2.24) is 9.80 Å². The van der Waals surface area contributed by atoms with Crippen molar-refractivity contribution in [3.8, 4) is 0 Å². The Kier molecular flexibility index (Phi) is 5.81. The number of carbonyl (C=O) groups is 2. The highest BCUT2D eigenvalue weighted by Crippen LogP contribution is 2.33. The molecule has 6 heteroatoms. The summed E-state index contributed by atoms with van der Waals surface area (Å²) in [5.41, 5.74) is 1.79. The van der Waals surface area contributed by atoms with Crippen LogP contribution in [-0.4, -0.2) is 52.1 Å². The number of nitrogens with zero attached hydrogens (tertiary/aromatic N) is 2. The van der Waals surface area contributed by atoms with E-state index in [0.29, 0.717) is 5.69 Å². The molecule has 2 amide bonds. The molecule has 2 N–H and O–H groups in total. The van der Waals surface area contributed by atoms with E-state index < -0.39 is 5.97 Å². The first-order chi connectivity index (χ1) is 14.1. The number of para-hydroxylation sites is 1. The normalized spacial score (nSPS) is 17.7. The van der Waals surface area contributed by atoms with E-state index >= 15 is 0 Å². The molecule has 0 spiro atoms. The lowest BCUT2D eigenvalue weighted by Crippen LogP contribution is -2.49. The number of benzene rings is 2. The van der Waals surface area contributed by atoms with Gasteiger partial charge >= 0.3 is 12.0 Å². The van der Waals surface area contributed by atoms with Crippen molar-refractivity contribution in [3.63, 3.8) is 0 Å². The number of amides is 2. The third-order valence-corrected chi connectivity index (χ3v) is 5.77. The van der Waals surface area contributed by atoms with Crippen LogP contribution in [-0.2, 0) is 6.54 Å². The van der Waals surface area contributed by atoms with Gasteiger partial charge in [0.05, 0.1) is 11.3 Å². The summed E-state index contributed by atoms with van der Waals surface area (Å²) in [4.78, 5) is 28.9. The molecule has 1 heterocycles. The van der Waals surface area contributed by atoms with Crippen LogP contribution in [0.2, 0.25) is 0 Å². The van der Waals surface area contributed by atoms with Crippen LogP contribution in [0.15, 0.2) is 54.6 Å². The van der Waals surface area contributed by atoms with Gasteiger partial charge in [-0.2, -0.15) is 0 Å². The molecule has 6 nitrogen and oxygen atoms in total. The molecular weight excluding hydrogens is 366 g/mol. The van der Waals surface area contributed by atoms with Crippen LogP contribution in [0.1, 0.15) is 41.6 Å². The number of hydrogen-bond acceptors (Lipinski definition) is 3. The molecule has 0 unspecified atom stereocenters. The van der Waals surface area contributed by atoms with Gasteiger partial charge in [-0.15, -0.1) is 0 Å². The average Bonchev–Trinajstić information content (AvgIpc) is 3.55. The fourth-order valence-electron chi connectivity index (χ4n) is 4.14. The largest absolute Gasteiger partial charge is 0.478 e. The molecule has 4 rings (SSSR count). The molecule has 1 aliphatic heterocycles. The number of carboxylic acid groups (broad SMARTS) is 1. The third-order valence-electron chi connectivity index (χ3n) is 5.77. The molecule has 0 radical (unpaired) electrons. The number of nitrogens with one attached hydrogen (secondary N) is 1. The standard InChI is InChI=1S/C23H27N3O3/c27-22(28)20-8-4-5-9-21(20)24-23(29)26(18-10-11-18)19-12-14-25(15-13-19)16-17-6-2-1-3-7-17/h1-9,18-19H,10-16H2,(H,24,29)(H,27,28). The number of anilines is 1. The SMILES string of the molecule is O=C(O)c1ccccc1NC(=O)N(C1CC1)C1CCN(Cc2ccccc2)CC1. The summed E-state index contributed by atoms with van der Waals surface area (Å²) in [6.45, 7) is 2.86. The molecule has 2 aromatic rings. The maximum Gasteiger partial charge on any atom is 0.337 e. The molecule has 2 aliphatic rings. The maximum atomic E-state index is 13.0. The van der Waals surface area contributed by atoms with Gasteiger partial charge in [-0.3, -0.25) is 4.90 Å². The van der Waals surface area contributed by atoms with Gasteiger partial charge in [0, 0.05) is 31.7 Å². The van der Waals surface area contributed by atoms with Gasteiger partial charge in [0.1, 0.15) is 0 Å². The fourth-order valence-corrected chi connectivity index (χ4v) is 4.14. The van der Waals surface area contributed by atoms with Gasteiger partial charge in [0.15, 0.2) is 0 Å². The van der Waals surface area contributed by atoms with Crippen LogP contribution in [0.5, 0.6) is 0 Å². The predicted molar refractivity (Wildman–Crippen MR) is 112 cm³/mol. The van der Waals surface area contributed by atoms with Crippen molar-refractivity contribution < 1.29 is 14.7 Å². The molecule has 152 valence electrons. The lowest BCUT2D eigenvalue weighted by molar-refractivity contribution is 0.0698. The third kappa shape index (κ3) is 4.77. The number of aromatic carboxylic acids is 1. The van der Waals surface area contributed by atoms with Crippen LogP contribution in [0, 0.1) is 0 Å². The Labute approximate surface area is 171 Å². The zero-order valence-corrected chi connectivity index (χ0v) is 16.5. The highest BCUT2D eigenvalue weighted by Gasteiger charge is 2.38. The van der Waals surface area contributed by atoms with E-state index in [2.05, 4.69) is 34.5 Å². The van der Waals surface area contributed by atoms with Gasteiger partial charge in [0.25, 0.3) is 0 Å². The molecule has 1 saturated heterocycles. The van der Waals surface area contributed by atoms with Crippen molar-refractivity contribution in [1.29, 1.82) is 0 Å². The Morgan fingerprint density at radius 1 is 0.931 bits per heavy atom. The summed E-state index contributed by atoms with van der Waals surface area (Å²) in [6.07, 6.45) is 3.94. The summed E-state index contributed by atoms with van der Waals surface area (Å²) in [5, 5.41) is 12.2. The Hall–Kier alpha value is -2.86. The first kappa shape index (κ1) is 19.5. The fraction of sp³-hybridized carbons (Fsp3) is 0.391. The Bertz CT molecular complexity index is 859. The first-order valence-corrected chi connectivity index (χ1v) is 10.3. The van der Waals surface area contributed by atoms with Crippen molar-refractivity contribution >= 4 is 17.7 Å². The second-order valence-corrected chi connectivity index (χ2v) is 7.91. The smallest absolute Gasteiger partial charge is 0.337 e. The number of carboxylic acids is 1. The number of rotatable bonds is 6. The Morgan fingerprint density at radius 3 is 2.21 bits per heavy atom. The highest BCUT2D eigenvalue weighted by molar-refractivity contribution is 6.00. The van der Waals surface area contributed by atoms with E-state index in [9.17, 15) is 14.7 Å². The zero-order valence-electron chi connectivity index (χ0n) is 16.5. The molecular formula is C23H27N3O3. The molecule has 1 saturated carbocycles. The lowest BCUT2D eigenvalue weighted by atomic mass is 10.0. The Balaban J connectivity index is 1.39. The molecule has 29 heavy (non-hydrogen) atoms. The van der Waals surface area contributed by atoms with Crippen LogP contribution < -0.4 is 5.32 Å². The number of likely N-dealkylation sites (tertiary alicyclic amines) is 1. The van der Waals surface area contributed by atoms with Crippen LogP contribution >= 0.6 is 0 Å². The number of carbonyl (C=O) groups excluding carboxylic acids is 1. The second-order valence-electron chi connectivity index (χ2n) is 7.91. The van der Waals surface area contributed by atoms with Gasteiger partial charge < -0.3 is 15.3 Å². The molecule has 2 aromatic carbocycles. The minimum absolute atomic E-state index is 0.120. The average molecular weight is 393 g/mol. The van der Waals surface area contributed by atoms with Crippen molar-refractivity contribution in [2.24, 2.45) is 0 Å². The van der Waals surface area contributed by atoms with Gasteiger partial charge in [-0.05, 0) is 43.4 Å². The molecule has 0 atom stereocenters. The molecule has 1 aliphatic carbocycles. The molecule has 2 fully saturated rings. The maximum absolute atomic E-state index is 13.0. The van der Waals surface area contributed by atoms with Crippen molar-refractivity contribution in [2.45, 2.75) is 44.3 Å². The minimum Gasteiger partial charge on any atom is -0.478 e. The lowest BCUT2D eigenvalue weighted by Gasteiger charge is -2.38. The highest BCUT2D eigenvalue weighted by atomic mass is 16.4. The number of piperidine rings is 1.